The predicted octanol–water partition coefficient (Wildman–Crippen LogP) is 0.373. The zero-order valence-corrected chi connectivity index (χ0v) is 10.7. The molecule has 0 radical (unpaired) electrons. The van der Waals surface area contributed by atoms with E-state index in [-0.39, 0.29) is 5.91 Å². The van der Waals surface area contributed by atoms with Crippen LogP contribution in [0.1, 0.15) is 12.0 Å². The summed E-state index contributed by atoms with van der Waals surface area (Å²) < 4.78 is 0. The Morgan fingerprint density at radius 3 is 2.88 bits per heavy atom. The Morgan fingerprint density at radius 2 is 2.24 bits per heavy atom. The van der Waals surface area contributed by atoms with Crippen LogP contribution in [0.25, 0.3) is 0 Å². The first kappa shape index (κ1) is 13.4. The number of anilines is 1. The zero-order valence-electron chi connectivity index (χ0n) is 10.7. The Kier molecular flexibility index (Phi) is 5.42. The second kappa shape index (κ2) is 6.85. The van der Waals surface area contributed by atoms with Crippen molar-refractivity contribution in [1.82, 2.24) is 15.6 Å². The number of amides is 1. The third-order valence-electron chi connectivity index (χ3n) is 2.37. The summed E-state index contributed by atoms with van der Waals surface area (Å²) in [6.45, 7) is 1.21. The molecule has 5 heteroatoms. The molecular weight excluding hydrogens is 216 g/mol. The summed E-state index contributed by atoms with van der Waals surface area (Å²) in [5.74, 6) is 0.939. The highest BCUT2D eigenvalue weighted by Crippen LogP contribution is 2.13. The van der Waals surface area contributed by atoms with Gasteiger partial charge in [0.2, 0.25) is 5.91 Å². The molecule has 0 aliphatic heterocycles. The maximum absolute atomic E-state index is 11.5. The summed E-state index contributed by atoms with van der Waals surface area (Å²) in [5, 5.41) is 5.83. The lowest BCUT2D eigenvalue weighted by atomic mass is 10.2. The summed E-state index contributed by atoms with van der Waals surface area (Å²) in [6.07, 6.45) is 2.25. The van der Waals surface area contributed by atoms with Crippen LogP contribution in [0.4, 0.5) is 5.82 Å². The van der Waals surface area contributed by atoms with Crippen LogP contribution >= 0.6 is 0 Å². The van der Waals surface area contributed by atoms with Gasteiger partial charge in [0.15, 0.2) is 0 Å². The van der Waals surface area contributed by atoms with Gasteiger partial charge < -0.3 is 15.5 Å². The van der Waals surface area contributed by atoms with E-state index in [1.54, 1.807) is 6.20 Å². The molecule has 0 spiro atoms. The van der Waals surface area contributed by atoms with Gasteiger partial charge >= 0.3 is 0 Å². The molecule has 0 atom stereocenters. The van der Waals surface area contributed by atoms with Crippen LogP contribution < -0.4 is 15.5 Å². The monoisotopic (exact) mass is 236 g/mol. The highest BCUT2D eigenvalue weighted by Gasteiger charge is 2.06. The van der Waals surface area contributed by atoms with Gasteiger partial charge in [-0.1, -0.05) is 6.07 Å². The van der Waals surface area contributed by atoms with Crippen LogP contribution in [0, 0.1) is 0 Å². The number of carbonyl (C=O) groups is 1. The Balaban J connectivity index is 2.54. The SMILES string of the molecule is CNCCC(=O)NCc1cccnc1N(C)C. The van der Waals surface area contributed by atoms with Crippen LogP contribution in [0.3, 0.4) is 0 Å². The normalized spacial score (nSPS) is 10.1. The van der Waals surface area contributed by atoms with E-state index in [1.165, 1.54) is 0 Å². The van der Waals surface area contributed by atoms with Crippen molar-refractivity contribution >= 4 is 11.7 Å². The molecule has 1 aromatic rings. The Labute approximate surface area is 102 Å². The van der Waals surface area contributed by atoms with Gasteiger partial charge in [-0.05, 0) is 13.1 Å². The average Bonchev–Trinajstić information content (AvgIpc) is 2.34. The largest absolute Gasteiger partial charge is 0.362 e. The number of carbonyl (C=O) groups excluding carboxylic acids is 1. The van der Waals surface area contributed by atoms with Crippen molar-refractivity contribution in [3.8, 4) is 0 Å². The van der Waals surface area contributed by atoms with Gasteiger partial charge in [0.1, 0.15) is 5.82 Å². The lowest BCUT2D eigenvalue weighted by Gasteiger charge is -2.16. The molecule has 0 saturated heterocycles. The number of pyridine rings is 1. The average molecular weight is 236 g/mol. The van der Waals surface area contributed by atoms with Crippen molar-refractivity contribution in [3.05, 3.63) is 23.9 Å². The molecule has 1 rings (SSSR count). The van der Waals surface area contributed by atoms with E-state index in [2.05, 4.69) is 15.6 Å². The molecule has 0 saturated carbocycles. The summed E-state index contributed by atoms with van der Waals surface area (Å²) in [5.41, 5.74) is 1.02. The fourth-order valence-electron chi connectivity index (χ4n) is 1.49. The Morgan fingerprint density at radius 1 is 1.47 bits per heavy atom. The quantitative estimate of drug-likeness (QED) is 0.749. The first-order valence-corrected chi connectivity index (χ1v) is 5.67. The number of nitrogens with zero attached hydrogens (tertiary/aromatic N) is 2. The van der Waals surface area contributed by atoms with Crippen LogP contribution in [-0.4, -0.2) is 38.6 Å². The van der Waals surface area contributed by atoms with Gasteiger partial charge in [-0.15, -0.1) is 0 Å². The molecule has 0 unspecified atom stereocenters. The van der Waals surface area contributed by atoms with E-state index in [9.17, 15) is 4.79 Å². The number of hydrogen-bond donors (Lipinski definition) is 2. The van der Waals surface area contributed by atoms with Crippen molar-refractivity contribution < 1.29 is 4.79 Å². The first-order chi connectivity index (χ1) is 8.15. The molecule has 2 N–H and O–H groups in total. The van der Waals surface area contributed by atoms with Crippen molar-refractivity contribution in [2.75, 3.05) is 32.6 Å². The highest BCUT2D eigenvalue weighted by atomic mass is 16.1. The maximum Gasteiger partial charge on any atom is 0.221 e. The van der Waals surface area contributed by atoms with Gasteiger partial charge in [0.25, 0.3) is 0 Å². The van der Waals surface area contributed by atoms with E-state index in [0.29, 0.717) is 19.5 Å². The zero-order chi connectivity index (χ0) is 12.7. The fraction of sp³-hybridized carbons (Fsp3) is 0.500. The molecule has 5 nitrogen and oxygen atoms in total. The third-order valence-corrected chi connectivity index (χ3v) is 2.37. The summed E-state index contributed by atoms with van der Waals surface area (Å²) in [7, 11) is 5.71. The van der Waals surface area contributed by atoms with Crippen molar-refractivity contribution in [1.29, 1.82) is 0 Å². The summed E-state index contributed by atoms with van der Waals surface area (Å²) >= 11 is 0. The minimum atomic E-state index is 0.0490. The van der Waals surface area contributed by atoms with Crippen molar-refractivity contribution in [2.45, 2.75) is 13.0 Å². The molecule has 1 amide bonds. The molecule has 0 aliphatic carbocycles. The van der Waals surface area contributed by atoms with E-state index in [0.717, 1.165) is 11.4 Å². The molecular formula is C12H20N4O. The molecule has 1 heterocycles. The minimum absolute atomic E-state index is 0.0490. The second-order valence-electron chi connectivity index (χ2n) is 4.01. The van der Waals surface area contributed by atoms with Gasteiger partial charge in [-0.25, -0.2) is 4.98 Å². The van der Waals surface area contributed by atoms with Gasteiger partial charge in [-0.2, -0.15) is 0 Å². The molecule has 0 aromatic carbocycles. The van der Waals surface area contributed by atoms with Crippen LogP contribution in [0.5, 0.6) is 0 Å². The van der Waals surface area contributed by atoms with Crippen molar-refractivity contribution in [2.24, 2.45) is 0 Å². The molecule has 94 valence electrons. The Bertz CT molecular complexity index is 365. The van der Waals surface area contributed by atoms with E-state index in [4.69, 9.17) is 0 Å². The van der Waals surface area contributed by atoms with Gasteiger partial charge in [0, 0.05) is 45.4 Å². The summed E-state index contributed by atoms with van der Waals surface area (Å²) in [4.78, 5) is 17.7. The first-order valence-electron chi connectivity index (χ1n) is 5.67. The molecule has 0 bridgehead atoms. The highest BCUT2D eigenvalue weighted by molar-refractivity contribution is 5.76. The smallest absolute Gasteiger partial charge is 0.221 e. The fourth-order valence-corrected chi connectivity index (χ4v) is 1.49. The van der Waals surface area contributed by atoms with E-state index < -0.39 is 0 Å². The number of aromatic nitrogens is 1. The van der Waals surface area contributed by atoms with E-state index >= 15 is 0 Å². The van der Waals surface area contributed by atoms with Crippen LogP contribution in [0.2, 0.25) is 0 Å². The summed E-state index contributed by atoms with van der Waals surface area (Å²) in [6, 6.07) is 3.85. The Hall–Kier alpha value is -1.62. The minimum Gasteiger partial charge on any atom is -0.362 e. The van der Waals surface area contributed by atoms with Crippen LogP contribution in [0.15, 0.2) is 18.3 Å². The van der Waals surface area contributed by atoms with Gasteiger partial charge in [-0.3, -0.25) is 4.79 Å². The third kappa shape index (κ3) is 4.40. The van der Waals surface area contributed by atoms with E-state index in [1.807, 2.05) is 38.2 Å². The van der Waals surface area contributed by atoms with Crippen LogP contribution in [-0.2, 0) is 11.3 Å². The van der Waals surface area contributed by atoms with Crippen molar-refractivity contribution in [3.63, 3.8) is 0 Å². The second-order valence-corrected chi connectivity index (χ2v) is 4.01. The predicted molar refractivity (Wildman–Crippen MR) is 69.0 cm³/mol. The lowest BCUT2D eigenvalue weighted by molar-refractivity contribution is -0.121. The molecule has 0 fully saturated rings. The van der Waals surface area contributed by atoms with Gasteiger partial charge in [0.05, 0.1) is 0 Å². The topological polar surface area (TPSA) is 57.3 Å². The maximum atomic E-state index is 11.5. The standard InChI is InChI=1S/C12H20N4O/c1-13-8-6-11(17)15-9-10-5-4-7-14-12(10)16(2)3/h4-5,7,13H,6,8-9H2,1-3H3,(H,15,17). The number of nitrogens with one attached hydrogen (secondary N) is 2. The molecule has 0 aliphatic rings. The molecule has 17 heavy (non-hydrogen) atoms. The molecule has 1 aromatic heterocycles. The number of rotatable bonds is 6. The number of hydrogen-bond acceptors (Lipinski definition) is 4. The lowest BCUT2D eigenvalue weighted by Crippen LogP contribution is -2.27.